The zero-order valence-corrected chi connectivity index (χ0v) is 15.5. The summed E-state index contributed by atoms with van der Waals surface area (Å²) in [6, 6.07) is 10.0. The molecule has 0 radical (unpaired) electrons. The first kappa shape index (κ1) is 18.9. The molecular formula is C18H24ClN3OS. The van der Waals surface area contributed by atoms with E-state index in [1.807, 2.05) is 37.3 Å². The Labute approximate surface area is 153 Å². The maximum absolute atomic E-state index is 12.3. The Kier molecular flexibility index (Phi) is 7.21. The predicted molar refractivity (Wildman–Crippen MR) is 103 cm³/mol. The van der Waals surface area contributed by atoms with E-state index in [0.29, 0.717) is 12.3 Å². The number of nitrogens with zero attached hydrogens (tertiary/aromatic N) is 1. The number of hydrogen-bond acceptors (Lipinski definition) is 4. The summed E-state index contributed by atoms with van der Waals surface area (Å²) in [5.74, 6) is 0.781. The van der Waals surface area contributed by atoms with Gasteiger partial charge in [0.05, 0.1) is 5.01 Å². The van der Waals surface area contributed by atoms with Gasteiger partial charge in [-0.3, -0.25) is 4.79 Å². The van der Waals surface area contributed by atoms with Gasteiger partial charge in [-0.05, 0) is 45.2 Å². The Morgan fingerprint density at radius 1 is 1.29 bits per heavy atom. The Balaban J connectivity index is 0.00000208. The van der Waals surface area contributed by atoms with Gasteiger partial charge in [0.25, 0.3) is 0 Å². The smallest absolute Gasteiger partial charge is 0.225 e. The molecule has 0 saturated carbocycles. The average molecular weight is 366 g/mol. The summed E-state index contributed by atoms with van der Waals surface area (Å²) in [5.41, 5.74) is 1.92. The van der Waals surface area contributed by atoms with Crippen LogP contribution in [0.1, 0.15) is 30.7 Å². The van der Waals surface area contributed by atoms with Gasteiger partial charge >= 0.3 is 0 Å². The van der Waals surface area contributed by atoms with Gasteiger partial charge in [0.15, 0.2) is 0 Å². The van der Waals surface area contributed by atoms with Gasteiger partial charge in [-0.15, -0.1) is 23.7 Å². The maximum Gasteiger partial charge on any atom is 0.225 e. The van der Waals surface area contributed by atoms with E-state index in [-0.39, 0.29) is 18.3 Å². The average Bonchev–Trinajstić information content (AvgIpc) is 2.95. The lowest BCUT2D eigenvalue weighted by molar-refractivity contribution is -0.116. The summed E-state index contributed by atoms with van der Waals surface area (Å²) < 4.78 is 0. The normalized spacial score (nSPS) is 14.9. The number of thiazole rings is 1. The number of carbonyl (C=O) groups excluding carboxylic acids is 1. The second-order valence-electron chi connectivity index (χ2n) is 6.06. The Hall–Kier alpha value is -1.43. The van der Waals surface area contributed by atoms with Crippen LogP contribution in [0.25, 0.3) is 11.3 Å². The van der Waals surface area contributed by atoms with Crippen LogP contribution in [0, 0.1) is 12.8 Å². The van der Waals surface area contributed by atoms with Gasteiger partial charge in [0.2, 0.25) is 5.91 Å². The molecule has 1 saturated heterocycles. The van der Waals surface area contributed by atoms with Gasteiger partial charge in [0, 0.05) is 12.0 Å². The fourth-order valence-electron chi connectivity index (χ4n) is 3.00. The molecule has 1 aromatic heterocycles. The van der Waals surface area contributed by atoms with Crippen molar-refractivity contribution in [1.82, 2.24) is 10.3 Å². The first-order chi connectivity index (χ1) is 11.2. The molecule has 2 aromatic rings. The van der Waals surface area contributed by atoms with E-state index in [1.54, 1.807) is 11.3 Å². The number of benzene rings is 1. The van der Waals surface area contributed by atoms with Crippen LogP contribution >= 0.6 is 23.7 Å². The highest BCUT2D eigenvalue weighted by molar-refractivity contribution is 7.16. The van der Waals surface area contributed by atoms with Crippen molar-refractivity contribution in [2.24, 2.45) is 5.92 Å². The molecule has 0 bridgehead atoms. The summed E-state index contributed by atoms with van der Waals surface area (Å²) in [5, 5.41) is 8.27. The van der Waals surface area contributed by atoms with E-state index < -0.39 is 0 Å². The summed E-state index contributed by atoms with van der Waals surface area (Å²) in [7, 11) is 0. The molecule has 0 atom stereocenters. The molecule has 2 heterocycles. The predicted octanol–water partition coefficient (Wildman–Crippen LogP) is 4.26. The molecule has 1 fully saturated rings. The number of halogens is 1. The molecule has 0 spiro atoms. The van der Waals surface area contributed by atoms with Crippen LogP contribution in [0.2, 0.25) is 0 Å². The number of hydrogen-bond donors (Lipinski definition) is 2. The molecule has 0 unspecified atom stereocenters. The molecule has 4 nitrogen and oxygen atoms in total. The summed E-state index contributed by atoms with van der Waals surface area (Å²) in [4.78, 5) is 16.9. The van der Waals surface area contributed by atoms with Crippen molar-refractivity contribution >= 4 is 34.7 Å². The molecule has 1 amide bonds. The fourth-order valence-corrected chi connectivity index (χ4v) is 3.86. The molecular weight excluding hydrogens is 342 g/mol. The second-order valence-corrected chi connectivity index (χ2v) is 7.26. The van der Waals surface area contributed by atoms with Gasteiger partial charge < -0.3 is 10.6 Å². The zero-order valence-electron chi connectivity index (χ0n) is 13.9. The zero-order chi connectivity index (χ0) is 16.1. The summed E-state index contributed by atoms with van der Waals surface area (Å²) in [6.07, 6.45) is 3.94. The minimum Gasteiger partial charge on any atom is -0.317 e. The molecule has 130 valence electrons. The number of amides is 1. The highest BCUT2D eigenvalue weighted by atomic mass is 35.5. The largest absolute Gasteiger partial charge is 0.317 e. The SMILES string of the molecule is Cc1nc(-c2ccccc2)c(NC(=O)CCC2CCNCC2)s1.Cl. The van der Waals surface area contributed by atoms with E-state index in [4.69, 9.17) is 0 Å². The Morgan fingerprint density at radius 3 is 2.71 bits per heavy atom. The monoisotopic (exact) mass is 365 g/mol. The summed E-state index contributed by atoms with van der Waals surface area (Å²) in [6.45, 7) is 4.14. The maximum atomic E-state index is 12.3. The van der Waals surface area contributed by atoms with Crippen molar-refractivity contribution in [2.45, 2.75) is 32.6 Å². The van der Waals surface area contributed by atoms with Crippen molar-refractivity contribution in [3.8, 4) is 11.3 Å². The molecule has 0 aliphatic carbocycles. The second kappa shape index (κ2) is 9.16. The molecule has 24 heavy (non-hydrogen) atoms. The summed E-state index contributed by atoms with van der Waals surface area (Å²) >= 11 is 1.55. The third-order valence-electron chi connectivity index (χ3n) is 4.27. The van der Waals surface area contributed by atoms with Crippen LogP contribution in [0.3, 0.4) is 0 Å². The number of piperidine rings is 1. The molecule has 6 heteroatoms. The van der Waals surface area contributed by atoms with Gasteiger partial charge in [0.1, 0.15) is 10.7 Å². The quantitative estimate of drug-likeness (QED) is 0.832. The van der Waals surface area contributed by atoms with Crippen LogP contribution in [-0.2, 0) is 4.79 Å². The molecule has 2 N–H and O–H groups in total. The number of aromatic nitrogens is 1. The minimum atomic E-state index is 0. The van der Waals surface area contributed by atoms with E-state index in [2.05, 4.69) is 15.6 Å². The third kappa shape index (κ3) is 5.03. The van der Waals surface area contributed by atoms with E-state index in [0.717, 1.165) is 40.8 Å². The van der Waals surface area contributed by atoms with Crippen molar-refractivity contribution in [3.63, 3.8) is 0 Å². The molecule has 1 aliphatic rings. The molecule has 3 rings (SSSR count). The van der Waals surface area contributed by atoms with Gasteiger partial charge in [-0.1, -0.05) is 30.3 Å². The van der Waals surface area contributed by atoms with E-state index >= 15 is 0 Å². The lowest BCUT2D eigenvalue weighted by atomic mass is 9.93. The lowest BCUT2D eigenvalue weighted by Gasteiger charge is -2.22. The van der Waals surface area contributed by atoms with Crippen LogP contribution < -0.4 is 10.6 Å². The van der Waals surface area contributed by atoms with Crippen LogP contribution in [-0.4, -0.2) is 24.0 Å². The topological polar surface area (TPSA) is 54.0 Å². The lowest BCUT2D eigenvalue weighted by Crippen LogP contribution is -2.28. The van der Waals surface area contributed by atoms with E-state index in [1.165, 1.54) is 12.8 Å². The van der Waals surface area contributed by atoms with Crippen LogP contribution in [0.15, 0.2) is 30.3 Å². The number of carbonyl (C=O) groups is 1. The van der Waals surface area contributed by atoms with Crippen molar-refractivity contribution in [3.05, 3.63) is 35.3 Å². The molecule has 1 aromatic carbocycles. The highest BCUT2D eigenvalue weighted by Crippen LogP contribution is 2.33. The Morgan fingerprint density at radius 2 is 2.00 bits per heavy atom. The van der Waals surface area contributed by atoms with Gasteiger partial charge in [-0.25, -0.2) is 4.98 Å². The number of anilines is 1. The fraction of sp³-hybridized carbons (Fsp3) is 0.444. The van der Waals surface area contributed by atoms with Gasteiger partial charge in [-0.2, -0.15) is 0 Å². The number of nitrogens with one attached hydrogen (secondary N) is 2. The van der Waals surface area contributed by atoms with Crippen LogP contribution in [0.5, 0.6) is 0 Å². The first-order valence-electron chi connectivity index (χ1n) is 8.26. The standard InChI is InChI=1S/C18H23N3OS.ClH/c1-13-20-17(15-5-3-2-4-6-15)18(23-13)21-16(22)8-7-14-9-11-19-12-10-14;/h2-6,14,19H,7-12H2,1H3,(H,21,22);1H. The first-order valence-corrected chi connectivity index (χ1v) is 9.07. The van der Waals surface area contributed by atoms with Crippen LogP contribution in [0.4, 0.5) is 5.00 Å². The van der Waals surface area contributed by atoms with Crippen molar-refractivity contribution in [2.75, 3.05) is 18.4 Å². The number of rotatable bonds is 5. The highest BCUT2D eigenvalue weighted by Gasteiger charge is 2.17. The molecule has 1 aliphatic heterocycles. The number of aryl methyl sites for hydroxylation is 1. The minimum absolute atomic E-state index is 0. The van der Waals surface area contributed by atoms with E-state index in [9.17, 15) is 4.79 Å². The third-order valence-corrected chi connectivity index (χ3v) is 5.16. The van der Waals surface area contributed by atoms with Crippen molar-refractivity contribution < 1.29 is 4.79 Å². The Bertz CT molecular complexity index is 654. The van der Waals surface area contributed by atoms with Crippen molar-refractivity contribution in [1.29, 1.82) is 0 Å².